The van der Waals surface area contributed by atoms with Gasteiger partial charge in [0.15, 0.2) is 23.0 Å². The van der Waals surface area contributed by atoms with Gasteiger partial charge in [0.05, 0.1) is 48.8 Å². The number of carbonyl (C=O) groups is 2. The first-order valence-corrected chi connectivity index (χ1v) is 17.9. The molecule has 0 radical (unpaired) electrons. The molecular formula is C43H41N5O6. The standard InChI is InChI=1S/C43H41N5O6/c1-5-9-27-15-30-21-45-34-19-40(38(51-3)17-32(34)42(49)47(30)36(27)6-2)53-23-25-12-26(14-29(44)13-25)24-54-41-20-35-33(18-39(41)52-4)43(50)48-31(22-46-35)16-28-10-7-8-11-37(28)48/h5-14,17-20,22,30-31,45H,2,15-16,21,23-24,44H2,1,3-4H3/b9-5-/t30-,31-/m0/s1. The minimum absolute atomic E-state index is 0.0377. The van der Waals surface area contributed by atoms with Gasteiger partial charge in [0.2, 0.25) is 0 Å². The van der Waals surface area contributed by atoms with Gasteiger partial charge in [-0.25, -0.2) is 0 Å². The summed E-state index contributed by atoms with van der Waals surface area (Å²) in [5.74, 6) is 1.56. The molecule has 0 fully saturated rings. The number of anilines is 3. The second kappa shape index (κ2) is 14.1. The van der Waals surface area contributed by atoms with E-state index >= 15 is 0 Å². The maximum atomic E-state index is 13.9. The van der Waals surface area contributed by atoms with Crippen LogP contribution in [-0.2, 0) is 19.6 Å². The van der Waals surface area contributed by atoms with E-state index in [2.05, 4.69) is 11.9 Å². The number of nitrogens with two attached hydrogens (primary N) is 1. The summed E-state index contributed by atoms with van der Waals surface area (Å²) in [5, 5.41) is 3.46. The van der Waals surface area contributed by atoms with Crippen LogP contribution >= 0.6 is 0 Å². The zero-order chi connectivity index (χ0) is 37.5. The van der Waals surface area contributed by atoms with Crippen molar-refractivity contribution in [3.05, 3.63) is 131 Å². The predicted molar refractivity (Wildman–Crippen MR) is 210 cm³/mol. The monoisotopic (exact) mass is 723 g/mol. The van der Waals surface area contributed by atoms with Gasteiger partial charge in [0, 0.05) is 48.4 Å². The Morgan fingerprint density at radius 2 is 1.56 bits per heavy atom. The molecule has 0 aliphatic carbocycles. The summed E-state index contributed by atoms with van der Waals surface area (Å²) < 4.78 is 24.0. The Kier molecular flexibility index (Phi) is 9.06. The molecule has 4 heterocycles. The van der Waals surface area contributed by atoms with E-state index < -0.39 is 0 Å². The average molecular weight is 724 g/mol. The van der Waals surface area contributed by atoms with E-state index in [0.29, 0.717) is 64.2 Å². The summed E-state index contributed by atoms with van der Waals surface area (Å²) >= 11 is 0. The van der Waals surface area contributed by atoms with Crippen LogP contribution in [0, 0.1) is 0 Å². The first kappa shape index (κ1) is 34.6. The molecule has 11 nitrogen and oxygen atoms in total. The number of methoxy groups -OCH3 is 2. The van der Waals surface area contributed by atoms with Crippen LogP contribution in [0.25, 0.3) is 0 Å². The topological polar surface area (TPSA) is 128 Å². The summed E-state index contributed by atoms with van der Waals surface area (Å²) in [6.07, 6.45) is 9.05. The molecule has 11 heteroatoms. The van der Waals surface area contributed by atoms with E-state index in [4.69, 9.17) is 29.7 Å². The van der Waals surface area contributed by atoms with Crippen molar-refractivity contribution in [2.45, 2.75) is 45.1 Å². The fraction of sp³-hybridized carbons (Fsp3) is 0.233. The summed E-state index contributed by atoms with van der Waals surface area (Å²) in [6.45, 7) is 6.89. The molecule has 3 N–H and O–H groups in total. The van der Waals surface area contributed by atoms with Crippen LogP contribution in [0.4, 0.5) is 22.7 Å². The smallest absolute Gasteiger partial charge is 0.261 e. The Morgan fingerprint density at radius 1 is 0.870 bits per heavy atom. The highest BCUT2D eigenvalue weighted by Crippen LogP contribution is 2.42. The molecule has 0 bridgehead atoms. The number of ether oxygens (including phenoxy) is 4. The van der Waals surface area contributed by atoms with Crippen LogP contribution in [0.1, 0.15) is 50.8 Å². The Morgan fingerprint density at radius 3 is 2.26 bits per heavy atom. The number of benzene rings is 4. The molecule has 54 heavy (non-hydrogen) atoms. The van der Waals surface area contributed by atoms with Gasteiger partial charge in [0.1, 0.15) is 13.2 Å². The van der Waals surface area contributed by atoms with E-state index in [0.717, 1.165) is 40.1 Å². The molecule has 2 atom stereocenters. The van der Waals surface area contributed by atoms with Crippen LogP contribution in [0.5, 0.6) is 23.0 Å². The zero-order valence-corrected chi connectivity index (χ0v) is 30.4. The van der Waals surface area contributed by atoms with Crippen molar-refractivity contribution >= 4 is 40.8 Å². The Bertz CT molecular complexity index is 2290. The number of para-hydroxylation sites is 1. The van der Waals surface area contributed by atoms with Gasteiger partial charge in [0.25, 0.3) is 11.8 Å². The minimum atomic E-state index is -0.160. The third-order valence-corrected chi connectivity index (χ3v) is 10.2. The Hall–Kier alpha value is -6.49. The highest BCUT2D eigenvalue weighted by atomic mass is 16.5. The lowest BCUT2D eigenvalue weighted by molar-refractivity contribution is 0.0784. The van der Waals surface area contributed by atoms with Crippen molar-refractivity contribution in [3.8, 4) is 23.0 Å². The lowest BCUT2D eigenvalue weighted by Gasteiger charge is -2.24. The molecule has 0 aromatic heterocycles. The van der Waals surface area contributed by atoms with Gasteiger partial charge in [-0.2, -0.15) is 0 Å². The number of allylic oxidation sites excluding steroid dienone is 3. The molecule has 0 spiro atoms. The third kappa shape index (κ3) is 6.11. The molecule has 4 aromatic rings. The molecule has 4 aliphatic heterocycles. The highest BCUT2D eigenvalue weighted by molar-refractivity contribution is 6.14. The average Bonchev–Trinajstić information content (AvgIpc) is 3.66. The number of aliphatic imine (C=N–C) groups is 1. The van der Waals surface area contributed by atoms with Crippen molar-refractivity contribution in [3.63, 3.8) is 0 Å². The fourth-order valence-electron chi connectivity index (χ4n) is 7.81. The zero-order valence-electron chi connectivity index (χ0n) is 30.4. The van der Waals surface area contributed by atoms with Gasteiger partial charge >= 0.3 is 0 Å². The van der Waals surface area contributed by atoms with Crippen LogP contribution < -0.4 is 34.9 Å². The number of carbonyl (C=O) groups excluding carboxylic acids is 2. The second-order valence-corrected chi connectivity index (χ2v) is 13.6. The summed E-state index contributed by atoms with van der Waals surface area (Å²) in [5.41, 5.74) is 14.6. The van der Waals surface area contributed by atoms with E-state index in [-0.39, 0.29) is 37.1 Å². The van der Waals surface area contributed by atoms with Crippen molar-refractivity contribution in [1.82, 2.24) is 4.90 Å². The van der Waals surface area contributed by atoms with Crippen LogP contribution in [0.2, 0.25) is 0 Å². The number of amides is 2. The predicted octanol–water partition coefficient (Wildman–Crippen LogP) is 7.39. The lowest BCUT2D eigenvalue weighted by atomic mass is 10.1. The van der Waals surface area contributed by atoms with Crippen molar-refractivity contribution in [2.24, 2.45) is 4.99 Å². The second-order valence-electron chi connectivity index (χ2n) is 13.6. The normalized spacial score (nSPS) is 18.3. The van der Waals surface area contributed by atoms with Crippen molar-refractivity contribution < 1.29 is 28.5 Å². The largest absolute Gasteiger partial charge is 0.493 e. The van der Waals surface area contributed by atoms with Gasteiger partial charge in [-0.15, -0.1) is 0 Å². The molecule has 8 rings (SSSR count). The number of nitrogens with zero attached hydrogens (tertiary/aromatic N) is 3. The number of hydrogen-bond donors (Lipinski definition) is 2. The summed E-state index contributed by atoms with van der Waals surface area (Å²) in [6, 6.07) is 20.4. The first-order valence-electron chi connectivity index (χ1n) is 17.9. The maximum Gasteiger partial charge on any atom is 0.261 e. The van der Waals surface area contributed by atoms with Crippen molar-refractivity contribution in [1.29, 1.82) is 0 Å². The van der Waals surface area contributed by atoms with Crippen molar-refractivity contribution in [2.75, 3.05) is 36.7 Å². The first-order chi connectivity index (χ1) is 26.3. The van der Waals surface area contributed by atoms with Crippen LogP contribution in [0.3, 0.4) is 0 Å². The van der Waals surface area contributed by atoms with E-state index in [1.165, 1.54) is 0 Å². The molecule has 4 aliphatic rings. The number of fused-ring (bicyclic) bond motifs is 6. The van der Waals surface area contributed by atoms with E-state index in [1.54, 1.807) is 43.4 Å². The summed E-state index contributed by atoms with van der Waals surface area (Å²) in [7, 11) is 3.10. The van der Waals surface area contributed by atoms with Gasteiger partial charge < -0.3 is 34.9 Å². The number of rotatable bonds is 10. The van der Waals surface area contributed by atoms with Crippen LogP contribution in [0.15, 0.2) is 108 Å². The molecule has 0 saturated heterocycles. The number of nitrogen functional groups attached to an aromatic ring is 1. The molecule has 4 aromatic carbocycles. The van der Waals surface area contributed by atoms with Crippen LogP contribution in [-0.4, -0.2) is 55.8 Å². The summed E-state index contributed by atoms with van der Waals surface area (Å²) in [4.78, 5) is 36.0. The Labute approximate surface area is 314 Å². The van der Waals surface area contributed by atoms with Gasteiger partial charge in [-0.05, 0) is 78.1 Å². The number of hydrogen-bond acceptors (Lipinski definition) is 9. The molecule has 0 saturated carbocycles. The highest BCUT2D eigenvalue weighted by Gasteiger charge is 2.39. The Balaban J connectivity index is 0.989. The van der Waals surface area contributed by atoms with Gasteiger partial charge in [-0.3, -0.25) is 19.5 Å². The van der Waals surface area contributed by atoms with Gasteiger partial charge in [-0.1, -0.05) is 36.9 Å². The number of nitrogens with one attached hydrogen (secondary N) is 1. The minimum Gasteiger partial charge on any atom is -0.493 e. The SMILES string of the molecule is C=CC1=C(/C=C\C)C[C@H]2CNc3cc(OCc4cc(N)cc(COc5cc6c(cc5OC)C(=O)N5c7ccccc7C[C@H]5C=N6)c4)c(OC)cc3C(=O)N12. The van der Waals surface area contributed by atoms with E-state index in [9.17, 15) is 9.59 Å². The lowest BCUT2D eigenvalue weighted by Crippen LogP contribution is -2.37. The molecule has 2 amide bonds. The molecular weight excluding hydrogens is 683 g/mol. The quantitative estimate of drug-likeness (QED) is 0.162. The fourth-order valence-corrected chi connectivity index (χ4v) is 7.81. The maximum absolute atomic E-state index is 13.9. The van der Waals surface area contributed by atoms with E-state index in [1.807, 2.05) is 78.7 Å². The third-order valence-electron chi connectivity index (χ3n) is 10.2. The molecule has 0 unspecified atom stereocenters. The molecule has 274 valence electrons.